The molecule has 2 amide bonds. The lowest BCUT2D eigenvalue weighted by Gasteiger charge is -2.49. The van der Waals surface area contributed by atoms with Crippen LogP contribution in [-0.4, -0.2) is 22.9 Å². The zero-order chi connectivity index (χ0) is 11.6. The normalized spacial score (nSPS) is 48.6. The highest BCUT2D eigenvalue weighted by atomic mass is 16.2. The maximum absolute atomic E-state index is 12.0. The first-order valence-corrected chi connectivity index (χ1v) is 5.47. The number of hydrogen-bond acceptors (Lipinski definition) is 2. The first-order valence-electron chi connectivity index (χ1n) is 5.47. The third-order valence-corrected chi connectivity index (χ3v) is 3.91. The van der Waals surface area contributed by atoms with Crippen LogP contribution >= 0.6 is 0 Å². The van der Waals surface area contributed by atoms with E-state index in [0.29, 0.717) is 0 Å². The molecule has 6 rings (SSSR count). The fourth-order valence-electron chi connectivity index (χ4n) is 2.84. The van der Waals surface area contributed by atoms with E-state index in [1.165, 1.54) is 0 Å². The Morgan fingerprint density at radius 3 is 1.62 bits per heavy atom. The predicted molar refractivity (Wildman–Crippen MR) is 58.4 cm³/mol. The van der Waals surface area contributed by atoms with Crippen molar-refractivity contribution < 1.29 is 9.59 Å². The third kappa shape index (κ3) is 0.991. The predicted octanol–water partition coefficient (Wildman–Crippen LogP) is 0.122. The molecule has 4 heteroatoms. The van der Waals surface area contributed by atoms with Gasteiger partial charge in [-0.1, -0.05) is 24.3 Å². The monoisotopic (exact) mass is 218 g/mol. The highest BCUT2D eigenvalue weighted by Crippen LogP contribution is 2.38. The van der Waals surface area contributed by atoms with Gasteiger partial charge in [0, 0.05) is 0 Å². The SMILES string of the molecule is CC12C=CC(C(=O)N1)C1(C)C=CC2C(=O)N1. The zero-order valence-electron chi connectivity index (χ0n) is 9.28. The molecule has 0 spiro atoms. The van der Waals surface area contributed by atoms with E-state index < -0.39 is 11.1 Å². The minimum absolute atomic E-state index is 0.0122. The molecule has 1 saturated heterocycles. The Labute approximate surface area is 93.8 Å². The van der Waals surface area contributed by atoms with Crippen LogP contribution in [-0.2, 0) is 9.59 Å². The second-order valence-electron chi connectivity index (χ2n) is 5.22. The molecule has 6 aliphatic rings. The topological polar surface area (TPSA) is 58.2 Å². The van der Waals surface area contributed by atoms with Gasteiger partial charge in [-0.2, -0.15) is 0 Å². The Morgan fingerprint density at radius 1 is 0.938 bits per heavy atom. The number of carbonyl (C=O) groups is 2. The maximum atomic E-state index is 12.0. The van der Waals surface area contributed by atoms with Gasteiger partial charge in [0.1, 0.15) is 0 Å². The van der Waals surface area contributed by atoms with Crippen molar-refractivity contribution in [3.8, 4) is 0 Å². The summed E-state index contributed by atoms with van der Waals surface area (Å²) in [5.74, 6) is -0.659. The molecule has 0 aromatic carbocycles. The molecule has 5 aliphatic heterocycles. The average molecular weight is 218 g/mol. The van der Waals surface area contributed by atoms with Crippen LogP contribution in [0.4, 0.5) is 0 Å². The van der Waals surface area contributed by atoms with Gasteiger partial charge in [-0.15, -0.1) is 0 Å². The molecule has 4 atom stereocenters. The van der Waals surface area contributed by atoms with E-state index in [1.54, 1.807) is 0 Å². The molecule has 4 bridgehead atoms. The highest BCUT2D eigenvalue weighted by Gasteiger charge is 2.52. The van der Waals surface area contributed by atoms with E-state index in [2.05, 4.69) is 10.6 Å². The molecule has 84 valence electrons. The van der Waals surface area contributed by atoms with Crippen molar-refractivity contribution in [2.75, 3.05) is 0 Å². The maximum Gasteiger partial charge on any atom is 0.230 e. The average Bonchev–Trinajstić information content (AvgIpc) is 2.14. The quantitative estimate of drug-likeness (QED) is 0.567. The lowest BCUT2D eigenvalue weighted by molar-refractivity contribution is -0.136. The van der Waals surface area contributed by atoms with Gasteiger partial charge in [-0.3, -0.25) is 9.59 Å². The molecule has 5 heterocycles. The Bertz CT molecular complexity index is 412. The Balaban J connectivity index is 2.24. The number of amides is 2. The van der Waals surface area contributed by atoms with Gasteiger partial charge >= 0.3 is 0 Å². The van der Waals surface area contributed by atoms with Crippen LogP contribution in [0.5, 0.6) is 0 Å². The number of hydrogen-bond donors (Lipinski definition) is 2. The van der Waals surface area contributed by atoms with Crippen molar-refractivity contribution in [1.29, 1.82) is 0 Å². The molecule has 0 aromatic heterocycles. The zero-order valence-corrected chi connectivity index (χ0v) is 9.28. The van der Waals surface area contributed by atoms with Crippen LogP contribution in [0.25, 0.3) is 0 Å². The number of carbonyl (C=O) groups excluding carboxylic acids is 2. The Kier molecular flexibility index (Phi) is 1.54. The van der Waals surface area contributed by atoms with Crippen molar-refractivity contribution in [1.82, 2.24) is 10.6 Å². The summed E-state index contributed by atoms with van der Waals surface area (Å²) in [5, 5.41) is 5.89. The first-order chi connectivity index (χ1) is 7.45. The second kappa shape index (κ2) is 2.56. The molecule has 0 radical (unpaired) electrons. The minimum atomic E-state index is -0.587. The molecule has 16 heavy (non-hydrogen) atoms. The fourth-order valence-corrected chi connectivity index (χ4v) is 2.84. The molecule has 0 saturated carbocycles. The van der Waals surface area contributed by atoms with E-state index in [9.17, 15) is 9.59 Å². The van der Waals surface area contributed by atoms with E-state index in [4.69, 9.17) is 0 Å². The highest BCUT2D eigenvalue weighted by molar-refractivity contribution is 5.93. The smallest absolute Gasteiger partial charge is 0.230 e. The van der Waals surface area contributed by atoms with Gasteiger partial charge in [-0.05, 0) is 13.8 Å². The summed E-state index contributed by atoms with van der Waals surface area (Å²) in [6, 6.07) is 0. The van der Waals surface area contributed by atoms with Crippen molar-refractivity contribution >= 4 is 11.8 Å². The second-order valence-corrected chi connectivity index (χ2v) is 5.22. The molecular weight excluding hydrogens is 204 g/mol. The van der Waals surface area contributed by atoms with Crippen molar-refractivity contribution in [3.63, 3.8) is 0 Å². The van der Waals surface area contributed by atoms with Crippen LogP contribution in [0, 0.1) is 11.8 Å². The molecule has 1 fully saturated rings. The van der Waals surface area contributed by atoms with Gasteiger partial charge in [0.15, 0.2) is 0 Å². The molecule has 4 unspecified atom stereocenters. The fraction of sp³-hybridized carbons (Fsp3) is 0.500. The lowest BCUT2D eigenvalue weighted by atomic mass is 9.69. The number of nitrogens with one attached hydrogen (secondary N) is 2. The summed E-state index contributed by atoms with van der Waals surface area (Å²) >= 11 is 0. The van der Waals surface area contributed by atoms with Gasteiger partial charge in [-0.25, -0.2) is 0 Å². The summed E-state index contributed by atoms with van der Waals surface area (Å²) in [6.45, 7) is 3.75. The standard InChI is InChI=1S/C12H14N2O2/c1-11-5-3-8(10(16)13-11)12(2)6-4-7(11)9(15)14-12/h3-8H,1-2H3,(H,13,16)(H,14,15). The molecule has 0 aromatic rings. The van der Waals surface area contributed by atoms with Crippen molar-refractivity contribution in [2.45, 2.75) is 24.9 Å². The van der Waals surface area contributed by atoms with Crippen molar-refractivity contribution in [2.24, 2.45) is 11.8 Å². The Morgan fingerprint density at radius 2 is 1.31 bits per heavy atom. The van der Waals surface area contributed by atoms with E-state index in [1.807, 2.05) is 38.2 Å². The summed E-state index contributed by atoms with van der Waals surface area (Å²) in [7, 11) is 0. The first kappa shape index (κ1) is 9.63. The summed E-state index contributed by atoms with van der Waals surface area (Å²) in [4.78, 5) is 24.0. The summed E-state index contributed by atoms with van der Waals surface area (Å²) in [6.07, 6.45) is 7.72. The Hall–Kier alpha value is -1.58. The van der Waals surface area contributed by atoms with Crippen LogP contribution in [0.1, 0.15) is 13.8 Å². The van der Waals surface area contributed by atoms with Crippen LogP contribution in [0.2, 0.25) is 0 Å². The van der Waals surface area contributed by atoms with Crippen LogP contribution in [0.15, 0.2) is 24.3 Å². The summed E-state index contributed by atoms with van der Waals surface area (Å²) < 4.78 is 0. The largest absolute Gasteiger partial charge is 0.346 e. The van der Waals surface area contributed by atoms with Crippen LogP contribution < -0.4 is 10.6 Å². The van der Waals surface area contributed by atoms with Crippen molar-refractivity contribution in [3.05, 3.63) is 24.3 Å². The van der Waals surface area contributed by atoms with E-state index in [-0.39, 0.29) is 23.7 Å². The minimum Gasteiger partial charge on any atom is -0.346 e. The molecule has 4 nitrogen and oxygen atoms in total. The third-order valence-electron chi connectivity index (χ3n) is 3.91. The molecule has 2 N–H and O–H groups in total. The van der Waals surface area contributed by atoms with Gasteiger partial charge in [0.25, 0.3) is 0 Å². The summed E-state index contributed by atoms with van der Waals surface area (Å²) in [5.41, 5.74) is -1.17. The van der Waals surface area contributed by atoms with Gasteiger partial charge < -0.3 is 10.6 Å². The number of rotatable bonds is 0. The lowest BCUT2D eigenvalue weighted by Crippen LogP contribution is -2.69. The molecule has 1 aliphatic carbocycles. The molecular formula is C12H14N2O2. The van der Waals surface area contributed by atoms with E-state index in [0.717, 1.165) is 0 Å². The van der Waals surface area contributed by atoms with E-state index >= 15 is 0 Å². The van der Waals surface area contributed by atoms with Gasteiger partial charge in [0.05, 0.1) is 22.9 Å². The van der Waals surface area contributed by atoms with Crippen LogP contribution in [0.3, 0.4) is 0 Å². The van der Waals surface area contributed by atoms with Gasteiger partial charge in [0.2, 0.25) is 11.8 Å².